The number of hydrogen-bond acceptors (Lipinski definition) is 6. The van der Waals surface area contributed by atoms with Crippen LogP contribution in [0.4, 0.5) is 11.5 Å². The van der Waals surface area contributed by atoms with Crippen LogP contribution in [-0.4, -0.2) is 21.4 Å². The Kier molecular flexibility index (Phi) is 6.41. The van der Waals surface area contributed by atoms with Crippen molar-refractivity contribution in [3.63, 3.8) is 0 Å². The second kappa shape index (κ2) is 9.38. The number of pyridine rings is 2. The van der Waals surface area contributed by atoms with Crippen molar-refractivity contribution in [2.75, 3.05) is 11.9 Å². The van der Waals surface area contributed by atoms with E-state index in [1.165, 1.54) is 16.2 Å². The summed E-state index contributed by atoms with van der Waals surface area (Å²) >= 11 is 1.95. The quantitative estimate of drug-likeness (QED) is 0.535. The maximum atomic E-state index is 8.90. The van der Waals surface area contributed by atoms with Crippen LogP contribution < -0.4 is 5.32 Å². The molecule has 154 valence electrons. The van der Waals surface area contributed by atoms with Gasteiger partial charge in [0.2, 0.25) is 0 Å². The Bertz CT molecular complexity index is 1020. The monoisotopic (exact) mass is 417 g/mol. The number of likely N-dealkylation sites (tertiary alicyclic amines) is 1. The van der Waals surface area contributed by atoms with Gasteiger partial charge in [-0.05, 0) is 68.1 Å². The summed E-state index contributed by atoms with van der Waals surface area (Å²) in [7, 11) is 0. The topological polar surface area (TPSA) is 64.8 Å². The van der Waals surface area contributed by atoms with Crippen LogP contribution >= 0.6 is 11.3 Å². The van der Waals surface area contributed by atoms with Crippen molar-refractivity contribution in [2.24, 2.45) is 5.92 Å². The van der Waals surface area contributed by atoms with Gasteiger partial charge in [-0.2, -0.15) is 5.26 Å². The first kappa shape index (κ1) is 20.5. The highest BCUT2D eigenvalue weighted by Gasteiger charge is 2.27. The van der Waals surface area contributed by atoms with Crippen molar-refractivity contribution in [1.29, 1.82) is 5.26 Å². The summed E-state index contributed by atoms with van der Waals surface area (Å²) in [5, 5.41) is 12.2. The van der Waals surface area contributed by atoms with E-state index >= 15 is 0 Å². The predicted octanol–water partition coefficient (Wildman–Crippen LogP) is 5.69. The van der Waals surface area contributed by atoms with Gasteiger partial charge in [0.05, 0.1) is 23.6 Å². The molecule has 30 heavy (non-hydrogen) atoms. The van der Waals surface area contributed by atoms with Crippen molar-refractivity contribution in [3.8, 4) is 6.07 Å². The van der Waals surface area contributed by atoms with Gasteiger partial charge in [0.1, 0.15) is 17.6 Å². The number of nitriles is 1. The standard InChI is InChI=1S/C24H27N5S/c1-17(2)13-20-10-11-21(30-20)16-29-12-4-6-23(29)22-5-3-7-24(28-22)27-19-9-8-18(14-25)26-15-19/h3,5,7-11,15,17,23H,4,6,12-13,16H2,1-2H3,(H,27,28)/t23-/m0/s1. The molecule has 0 unspecified atom stereocenters. The van der Waals surface area contributed by atoms with Crippen LogP contribution in [0.5, 0.6) is 0 Å². The third kappa shape index (κ3) is 5.05. The van der Waals surface area contributed by atoms with Crippen LogP contribution in [0.3, 0.4) is 0 Å². The molecule has 1 atom stereocenters. The lowest BCUT2D eigenvalue weighted by atomic mass is 10.1. The van der Waals surface area contributed by atoms with Gasteiger partial charge in [-0.15, -0.1) is 11.3 Å². The van der Waals surface area contributed by atoms with Crippen LogP contribution in [0.2, 0.25) is 0 Å². The van der Waals surface area contributed by atoms with E-state index in [2.05, 4.69) is 53.3 Å². The van der Waals surface area contributed by atoms with Crippen molar-refractivity contribution in [1.82, 2.24) is 14.9 Å². The Labute approximate surface area is 182 Å². The molecule has 0 aliphatic carbocycles. The summed E-state index contributed by atoms with van der Waals surface area (Å²) < 4.78 is 0. The SMILES string of the molecule is CC(C)Cc1ccc(CN2CCC[C@H]2c2cccc(Nc3ccc(C#N)nc3)n2)s1. The fourth-order valence-corrected chi connectivity index (χ4v) is 5.21. The van der Waals surface area contributed by atoms with E-state index in [0.717, 1.165) is 43.1 Å². The summed E-state index contributed by atoms with van der Waals surface area (Å²) in [6.07, 6.45) is 5.17. The normalized spacial score (nSPS) is 16.7. The van der Waals surface area contributed by atoms with Crippen molar-refractivity contribution in [3.05, 3.63) is 69.8 Å². The number of thiophene rings is 1. The Morgan fingerprint density at radius 1 is 1.20 bits per heavy atom. The molecule has 3 aromatic rings. The highest BCUT2D eigenvalue weighted by Crippen LogP contribution is 2.34. The van der Waals surface area contributed by atoms with Gasteiger partial charge in [-0.25, -0.2) is 9.97 Å². The first-order valence-electron chi connectivity index (χ1n) is 10.5. The minimum Gasteiger partial charge on any atom is -0.339 e. The van der Waals surface area contributed by atoms with Crippen molar-refractivity contribution < 1.29 is 0 Å². The minimum atomic E-state index is 0.349. The number of nitrogens with zero attached hydrogens (tertiary/aromatic N) is 4. The zero-order chi connectivity index (χ0) is 20.9. The maximum Gasteiger partial charge on any atom is 0.140 e. The molecule has 0 bridgehead atoms. The summed E-state index contributed by atoms with van der Waals surface area (Å²) in [5.41, 5.74) is 2.35. The first-order valence-corrected chi connectivity index (χ1v) is 11.3. The molecule has 1 saturated heterocycles. The largest absolute Gasteiger partial charge is 0.339 e. The zero-order valence-electron chi connectivity index (χ0n) is 17.5. The molecule has 0 radical (unpaired) electrons. The van der Waals surface area contributed by atoms with E-state index in [4.69, 9.17) is 10.2 Å². The summed E-state index contributed by atoms with van der Waals surface area (Å²) in [5.74, 6) is 1.50. The van der Waals surface area contributed by atoms with Crippen LogP contribution in [0, 0.1) is 17.2 Å². The molecule has 3 aromatic heterocycles. The van der Waals surface area contributed by atoms with Gasteiger partial charge < -0.3 is 5.32 Å². The van der Waals surface area contributed by atoms with Crippen molar-refractivity contribution >= 4 is 22.8 Å². The third-order valence-corrected chi connectivity index (χ3v) is 6.40. The molecule has 0 saturated carbocycles. The maximum absolute atomic E-state index is 8.90. The summed E-state index contributed by atoms with van der Waals surface area (Å²) in [6, 6.07) is 16.7. The molecule has 4 heterocycles. The van der Waals surface area contributed by atoms with E-state index in [1.807, 2.05) is 29.5 Å². The van der Waals surface area contributed by atoms with Gasteiger partial charge >= 0.3 is 0 Å². The number of rotatable bonds is 7. The lowest BCUT2D eigenvalue weighted by molar-refractivity contribution is 0.247. The summed E-state index contributed by atoms with van der Waals surface area (Å²) in [6.45, 7) is 6.65. The average Bonchev–Trinajstić information content (AvgIpc) is 3.38. The molecular formula is C24H27N5S. The molecule has 0 aromatic carbocycles. The van der Waals surface area contributed by atoms with Crippen LogP contribution in [0.25, 0.3) is 0 Å². The van der Waals surface area contributed by atoms with Gasteiger partial charge in [0, 0.05) is 16.3 Å². The molecule has 5 nitrogen and oxygen atoms in total. The first-order chi connectivity index (χ1) is 14.6. The Hall–Kier alpha value is -2.75. The zero-order valence-corrected chi connectivity index (χ0v) is 18.3. The van der Waals surface area contributed by atoms with E-state index < -0.39 is 0 Å². The molecular weight excluding hydrogens is 390 g/mol. The van der Waals surface area contributed by atoms with E-state index in [0.29, 0.717) is 17.7 Å². The van der Waals surface area contributed by atoms with Crippen molar-refractivity contribution in [2.45, 2.75) is 45.7 Å². The third-order valence-electron chi connectivity index (χ3n) is 5.31. The minimum absolute atomic E-state index is 0.349. The second-order valence-corrected chi connectivity index (χ2v) is 9.46. The van der Waals surface area contributed by atoms with Crippen LogP contribution in [0.1, 0.15) is 53.9 Å². The van der Waals surface area contributed by atoms with E-state index in [9.17, 15) is 0 Å². The van der Waals surface area contributed by atoms with Gasteiger partial charge in [-0.3, -0.25) is 4.90 Å². The number of anilines is 2. The predicted molar refractivity (Wildman–Crippen MR) is 122 cm³/mol. The number of aromatic nitrogens is 2. The van der Waals surface area contributed by atoms with Gasteiger partial charge in [-0.1, -0.05) is 19.9 Å². The van der Waals surface area contributed by atoms with Gasteiger partial charge in [0.25, 0.3) is 0 Å². The smallest absolute Gasteiger partial charge is 0.140 e. The van der Waals surface area contributed by atoms with E-state index in [1.54, 1.807) is 12.3 Å². The lowest BCUT2D eigenvalue weighted by Crippen LogP contribution is -2.23. The highest BCUT2D eigenvalue weighted by molar-refractivity contribution is 7.11. The van der Waals surface area contributed by atoms with Crippen LogP contribution in [-0.2, 0) is 13.0 Å². The van der Waals surface area contributed by atoms with E-state index in [-0.39, 0.29) is 0 Å². The highest BCUT2D eigenvalue weighted by atomic mass is 32.1. The molecule has 1 fully saturated rings. The lowest BCUT2D eigenvalue weighted by Gasteiger charge is -2.24. The molecule has 1 aliphatic rings. The fourth-order valence-electron chi connectivity index (χ4n) is 3.96. The molecule has 6 heteroatoms. The summed E-state index contributed by atoms with van der Waals surface area (Å²) in [4.78, 5) is 14.5. The average molecular weight is 418 g/mol. The Balaban J connectivity index is 1.45. The number of hydrogen-bond donors (Lipinski definition) is 1. The molecule has 1 aliphatic heterocycles. The molecule has 1 N–H and O–H groups in total. The Morgan fingerprint density at radius 2 is 2.07 bits per heavy atom. The molecule has 0 amide bonds. The number of nitrogens with one attached hydrogen (secondary N) is 1. The Morgan fingerprint density at radius 3 is 2.83 bits per heavy atom. The van der Waals surface area contributed by atoms with Gasteiger partial charge in [0.15, 0.2) is 0 Å². The molecule has 4 rings (SSSR count). The molecule has 0 spiro atoms. The fraction of sp³-hybridized carbons (Fsp3) is 0.375. The van der Waals surface area contributed by atoms with Crippen LogP contribution in [0.15, 0.2) is 48.7 Å². The second-order valence-electron chi connectivity index (χ2n) is 8.21.